The molecule has 66 valence electrons. The van der Waals surface area contributed by atoms with Crippen LogP contribution in [-0.4, -0.2) is 17.9 Å². The SMILES string of the molecule is COCc1nc(CC(=N)N)cs1. The summed E-state index contributed by atoms with van der Waals surface area (Å²) >= 11 is 1.53. The van der Waals surface area contributed by atoms with Crippen LogP contribution in [0, 0.1) is 5.41 Å². The highest BCUT2D eigenvalue weighted by Crippen LogP contribution is 2.10. The van der Waals surface area contributed by atoms with E-state index in [2.05, 4.69) is 4.98 Å². The second-order valence-corrected chi connectivity index (χ2v) is 3.31. The topological polar surface area (TPSA) is 72.0 Å². The maximum Gasteiger partial charge on any atom is 0.119 e. The molecule has 0 unspecified atom stereocenters. The highest BCUT2D eigenvalue weighted by Gasteiger charge is 2.01. The molecule has 0 atom stereocenters. The zero-order valence-corrected chi connectivity index (χ0v) is 7.65. The van der Waals surface area contributed by atoms with Gasteiger partial charge < -0.3 is 10.5 Å². The van der Waals surface area contributed by atoms with Crippen molar-refractivity contribution in [1.82, 2.24) is 4.98 Å². The van der Waals surface area contributed by atoms with Crippen LogP contribution in [0.3, 0.4) is 0 Å². The van der Waals surface area contributed by atoms with Gasteiger partial charge in [0.15, 0.2) is 0 Å². The number of hydrogen-bond donors (Lipinski definition) is 2. The van der Waals surface area contributed by atoms with Crippen molar-refractivity contribution >= 4 is 17.2 Å². The van der Waals surface area contributed by atoms with Gasteiger partial charge in [-0.25, -0.2) is 4.98 Å². The summed E-state index contributed by atoms with van der Waals surface area (Å²) in [6.07, 6.45) is 0.431. The minimum atomic E-state index is 0.143. The van der Waals surface area contributed by atoms with E-state index in [4.69, 9.17) is 15.9 Å². The normalized spacial score (nSPS) is 10.1. The minimum absolute atomic E-state index is 0.143. The maximum atomic E-state index is 7.05. The van der Waals surface area contributed by atoms with Gasteiger partial charge in [-0.3, -0.25) is 5.41 Å². The average molecular weight is 185 g/mol. The Morgan fingerprint density at radius 3 is 3.17 bits per heavy atom. The molecule has 0 radical (unpaired) electrons. The summed E-state index contributed by atoms with van der Waals surface area (Å²) in [7, 11) is 1.63. The van der Waals surface area contributed by atoms with Crippen molar-refractivity contribution in [3.63, 3.8) is 0 Å². The first-order valence-electron chi connectivity index (χ1n) is 3.47. The van der Waals surface area contributed by atoms with Gasteiger partial charge in [-0.15, -0.1) is 11.3 Å². The molecular formula is C7H11N3OS. The molecule has 1 aromatic heterocycles. The van der Waals surface area contributed by atoms with E-state index in [9.17, 15) is 0 Å². The lowest BCUT2D eigenvalue weighted by atomic mass is 10.3. The molecule has 12 heavy (non-hydrogen) atoms. The molecule has 1 rings (SSSR count). The molecule has 0 fully saturated rings. The summed E-state index contributed by atoms with van der Waals surface area (Å²) in [5.74, 6) is 0.143. The van der Waals surface area contributed by atoms with Crippen LogP contribution in [0.4, 0.5) is 0 Å². The molecular weight excluding hydrogens is 174 g/mol. The maximum absolute atomic E-state index is 7.05. The number of nitrogens with zero attached hydrogens (tertiary/aromatic N) is 1. The van der Waals surface area contributed by atoms with Crippen molar-refractivity contribution < 1.29 is 4.74 Å². The van der Waals surface area contributed by atoms with Crippen molar-refractivity contribution in [2.75, 3.05) is 7.11 Å². The van der Waals surface area contributed by atoms with Crippen LogP contribution in [0.25, 0.3) is 0 Å². The first-order valence-corrected chi connectivity index (χ1v) is 4.35. The van der Waals surface area contributed by atoms with E-state index in [1.165, 1.54) is 11.3 Å². The van der Waals surface area contributed by atoms with Crippen molar-refractivity contribution in [3.05, 3.63) is 16.1 Å². The van der Waals surface area contributed by atoms with Crippen LogP contribution >= 0.6 is 11.3 Å². The molecule has 0 amide bonds. The number of amidine groups is 1. The zero-order chi connectivity index (χ0) is 8.97. The van der Waals surface area contributed by atoms with Gasteiger partial charge >= 0.3 is 0 Å². The van der Waals surface area contributed by atoms with E-state index in [0.717, 1.165) is 10.7 Å². The Kier molecular flexibility index (Phi) is 3.19. The molecule has 1 heterocycles. The highest BCUT2D eigenvalue weighted by molar-refractivity contribution is 7.09. The third-order valence-electron chi connectivity index (χ3n) is 1.24. The molecule has 0 spiro atoms. The Balaban J connectivity index is 2.58. The summed E-state index contributed by atoms with van der Waals surface area (Å²) in [5, 5.41) is 9.88. The summed E-state index contributed by atoms with van der Waals surface area (Å²) in [6.45, 7) is 0.530. The largest absolute Gasteiger partial charge is 0.387 e. The van der Waals surface area contributed by atoms with Gasteiger partial charge in [0.2, 0.25) is 0 Å². The molecule has 0 aliphatic rings. The minimum Gasteiger partial charge on any atom is -0.387 e. The summed E-state index contributed by atoms with van der Waals surface area (Å²) < 4.78 is 4.91. The van der Waals surface area contributed by atoms with Crippen LogP contribution in [0.15, 0.2) is 5.38 Å². The highest BCUT2D eigenvalue weighted by atomic mass is 32.1. The first kappa shape index (κ1) is 9.15. The lowest BCUT2D eigenvalue weighted by Gasteiger charge is -1.92. The first-order chi connectivity index (χ1) is 5.72. The summed E-state index contributed by atoms with van der Waals surface area (Å²) in [4.78, 5) is 4.21. The molecule has 0 saturated heterocycles. The van der Waals surface area contributed by atoms with Gasteiger partial charge in [-0.2, -0.15) is 0 Å². The molecule has 0 aliphatic heterocycles. The molecule has 4 nitrogen and oxygen atoms in total. The fourth-order valence-corrected chi connectivity index (χ4v) is 1.58. The van der Waals surface area contributed by atoms with Crippen LogP contribution < -0.4 is 5.73 Å². The predicted molar refractivity (Wildman–Crippen MR) is 48.4 cm³/mol. The molecule has 0 saturated carbocycles. The van der Waals surface area contributed by atoms with E-state index < -0.39 is 0 Å². The van der Waals surface area contributed by atoms with E-state index >= 15 is 0 Å². The number of nitrogens with one attached hydrogen (secondary N) is 1. The van der Waals surface area contributed by atoms with Gasteiger partial charge in [0, 0.05) is 18.9 Å². The van der Waals surface area contributed by atoms with Crippen molar-refractivity contribution in [1.29, 1.82) is 5.41 Å². The zero-order valence-electron chi connectivity index (χ0n) is 6.83. The monoisotopic (exact) mass is 185 g/mol. The van der Waals surface area contributed by atoms with E-state index in [-0.39, 0.29) is 5.84 Å². The van der Waals surface area contributed by atoms with Gasteiger partial charge in [0.05, 0.1) is 18.1 Å². The second-order valence-electron chi connectivity index (χ2n) is 2.37. The smallest absolute Gasteiger partial charge is 0.119 e. The quantitative estimate of drug-likeness (QED) is 0.537. The van der Waals surface area contributed by atoms with E-state index in [1.807, 2.05) is 5.38 Å². The lowest BCUT2D eigenvalue weighted by Crippen LogP contribution is -2.12. The Labute approximate surface area is 74.9 Å². The van der Waals surface area contributed by atoms with Gasteiger partial charge in [-0.1, -0.05) is 0 Å². The van der Waals surface area contributed by atoms with Crippen LogP contribution in [0.1, 0.15) is 10.7 Å². The third-order valence-corrected chi connectivity index (χ3v) is 2.11. The van der Waals surface area contributed by atoms with Crippen molar-refractivity contribution in [2.45, 2.75) is 13.0 Å². The average Bonchev–Trinajstić information content (AvgIpc) is 2.36. The van der Waals surface area contributed by atoms with Crippen LogP contribution in [0.5, 0.6) is 0 Å². The van der Waals surface area contributed by atoms with Crippen molar-refractivity contribution in [2.24, 2.45) is 5.73 Å². The van der Waals surface area contributed by atoms with Gasteiger partial charge in [0.1, 0.15) is 5.01 Å². The van der Waals surface area contributed by atoms with Gasteiger partial charge in [-0.05, 0) is 0 Å². The number of nitrogens with two attached hydrogens (primary N) is 1. The molecule has 0 bridgehead atoms. The Hall–Kier alpha value is -0.940. The standard InChI is InChI=1S/C7H11N3OS/c1-11-3-7-10-5(4-12-7)2-6(8)9/h4H,2-3H2,1H3,(H3,8,9). The second kappa shape index (κ2) is 4.18. The van der Waals surface area contributed by atoms with E-state index in [1.54, 1.807) is 7.11 Å². The Morgan fingerprint density at radius 2 is 2.58 bits per heavy atom. The number of thiazole rings is 1. The Morgan fingerprint density at radius 1 is 1.83 bits per heavy atom. The predicted octanol–water partition coefficient (Wildman–Crippen LogP) is 0.768. The number of rotatable bonds is 4. The van der Waals surface area contributed by atoms with Crippen LogP contribution in [0.2, 0.25) is 0 Å². The number of ether oxygens (including phenoxy) is 1. The lowest BCUT2D eigenvalue weighted by molar-refractivity contribution is 0.184. The summed E-state index contributed by atoms with van der Waals surface area (Å²) in [6, 6.07) is 0. The molecule has 3 N–H and O–H groups in total. The number of methoxy groups -OCH3 is 1. The molecule has 5 heteroatoms. The Bertz CT molecular complexity index is 271. The van der Waals surface area contributed by atoms with Crippen LogP contribution in [-0.2, 0) is 17.8 Å². The molecule has 1 aromatic rings. The number of hydrogen-bond acceptors (Lipinski definition) is 4. The molecule has 0 aliphatic carbocycles. The molecule has 0 aromatic carbocycles. The fraction of sp³-hybridized carbons (Fsp3) is 0.429. The van der Waals surface area contributed by atoms with Gasteiger partial charge in [0.25, 0.3) is 0 Å². The fourth-order valence-electron chi connectivity index (χ4n) is 0.815. The third kappa shape index (κ3) is 2.60. The summed E-state index contributed by atoms with van der Waals surface area (Å²) in [5.41, 5.74) is 6.07. The number of aromatic nitrogens is 1. The van der Waals surface area contributed by atoms with Crippen molar-refractivity contribution in [3.8, 4) is 0 Å². The van der Waals surface area contributed by atoms with E-state index in [0.29, 0.717) is 13.0 Å².